The van der Waals surface area contributed by atoms with Crippen LogP contribution in [0, 0.1) is 24.9 Å². The van der Waals surface area contributed by atoms with Crippen molar-refractivity contribution in [2.75, 3.05) is 0 Å². The van der Waals surface area contributed by atoms with Crippen molar-refractivity contribution < 1.29 is 19.7 Å². The minimum absolute atomic E-state index is 0.0768. The van der Waals surface area contributed by atoms with E-state index >= 15 is 8.78 Å². The van der Waals surface area contributed by atoms with Crippen LogP contribution in [0.2, 0.25) is 0 Å². The summed E-state index contributed by atoms with van der Waals surface area (Å²) >= 11 is -3.19. The van der Waals surface area contributed by atoms with Crippen LogP contribution in [-0.2, 0) is 23.5 Å². The Bertz CT molecular complexity index is 1110. The Morgan fingerprint density at radius 3 is 1.64 bits per heavy atom. The number of rotatable bonds is 7. The van der Waals surface area contributed by atoms with Gasteiger partial charge in [0.1, 0.15) is 0 Å². The molecule has 0 N–H and O–H groups in total. The zero-order chi connectivity index (χ0) is 26.5. The second kappa shape index (κ2) is 9.92. The molecule has 4 rings (SSSR count). The van der Waals surface area contributed by atoms with Gasteiger partial charge in [-0.2, -0.15) is 0 Å². The van der Waals surface area contributed by atoms with Crippen molar-refractivity contribution in [1.82, 2.24) is 0 Å². The van der Waals surface area contributed by atoms with Gasteiger partial charge in [-0.15, -0.1) is 0 Å². The first-order valence-electron chi connectivity index (χ1n) is 12.8. The first kappa shape index (κ1) is 28.0. The number of benzene rings is 2. The fraction of sp³-hybridized carbons (Fsp3) is 0.586. The van der Waals surface area contributed by atoms with Gasteiger partial charge in [0, 0.05) is 0 Å². The monoisotopic (exact) mass is 632 g/mol. The van der Waals surface area contributed by atoms with Gasteiger partial charge in [0.25, 0.3) is 0 Å². The average molecular weight is 633 g/mol. The van der Waals surface area contributed by atoms with Crippen molar-refractivity contribution >= 4 is 30.4 Å². The Kier molecular flexibility index (Phi) is 7.70. The summed E-state index contributed by atoms with van der Waals surface area (Å²) in [6.07, 6.45) is 3.06. The third-order valence-electron chi connectivity index (χ3n) is 7.71. The van der Waals surface area contributed by atoms with Crippen LogP contribution in [0.3, 0.4) is 0 Å². The molecule has 3 unspecified atom stereocenters. The third kappa shape index (κ3) is 5.98. The fourth-order valence-corrected chi connectivity index (χ4v) is 12.5. The molecular formula is C29H39F2IO3S. The topological polar surface area (TPSA) is 43.4 Å². The molecule has 7 heteroatoms. The summed E-state index contributed by atoms with van der Waals surface area (Å²) in [6, 6.07) is 15.2. The molecule has 2 aromatic carbocycles. The molecule has 2 fully saturated rings. The summed E-state index contributed by atoms with van der Waals surface area (Å²) in [5.74, 6) is 0.461. The Morgan fingerprint density at radius 1 is 0.806 bits per heavy atom. The fourth-order valence-electron chi connectivity index (χ4n) is 5.49. The summed E-state index contributed by atoms with van der Waals surface area (Å²) in [6.45, 7) is 12.6. The molecule has 0 amide bonds. The van der Waals surface area contributed by atoms with Crippen molar-refractivity contribution in [3.8, 4) is 0 Å². The molecule has 2 bridgehead atoms. The quantitative estimate of drug-likeness (QED) is 0.288. The van der Waals surface area contributed by atoms with Gasteiger partial charge < -0.3 is 0 Å². The molecule has 0 heterocycles. The maximum atomic E-state index is 15.3. The van der Waals surface area contributed by atoms with E-state index in [-0.39, 0.29) is 22.7 Å². The van der Waals surface area contributed by atoms with Crippen molar-refractivity contribution in [1.29, 1.82) is 0 Å². The maximum absolute atomic E-state index is 15.3. The van der Waals surface area contributed by atoms with Gasteiger partial charge in [-0.25, -0.2) is 0 Å². The Labute approximate surface area is 223 Å². The Hall–Kier alpha value is -1.06. The van der Waals surface area contributed by atoms with Crippen molar-refractivity contribution in [3.05, 3.63) is 66.8 Å². The van der Waals surface area contributed by atoms with Crippen LogP contribution in [-0.4, -0.2) is 13.7 Å². The SMILES string of the molecule is CC(C)(C)c1ccc(I(OS(=O)(=O)C(F)(F)CC2CC3CCC2C3)c2ccc(C(C)(C)C)cc2)cc1. The molecule has 0 radical (unpaired) electrons. The molecule has 200 valence electrons. The van der Waals surface area contributed by atoms with Crippen LogP contribution in [0.15, 0.2) is 48.5 Å². The van der Waals surface area contributed by atoms with Crippen molar-refractivity contribution in [3.63, 3.8) is 0 Å². The Morgan fingerprint density at radius 2 is 1.28 bits per heavy atom. The van der Waals surface area contributed by atoms with Crippen LogP contribution < -0.4 is 0 Å². The van der Waals surface area contributed by atoms with Crippen LogP contribution in [0.25, 0.3) is 0 Å². The molecule has 0 aliphatic heterocycles. The van der Waals surface area contributed by atoms with E-state index < -0.39 is 42.0 Å². The number of halogens is 3. The van der Waals surface area contributed by atoms with Crippen LogP contribution in [0.5, 0.6) is 0 Å². The van der Waals surface area contributed by atoms with Gasteiger partial charge in [-0.3, -0.25) is 0 Å². The molecule has 3 atom stereocenters. The van der Waals surface area contributed by atoms with Gasteiger partial charge in [-0.05, 0) is 0 Å². The van der Waals surface area contributed by atoms with E-state index in [9.17, 15) is 8.42 Å². The molecule has 3 nitrogen and oxygen atoms in total. The van der Waals surface area contributed by atoms with Gasteiger partial charge in [-0.1, -0.05) is 0 Å². The molecule has 0 spiro atoms. The predicted molar refractivity (Wildman–Crippen MR) is 150 cm³/mol. The molecule has 0 saturated heterocycles. The van der Waals surface area contributed by atoms with Gasteiger partial charge in [0.2, 0.25) is 0 Å². The average Bonchev–Trinajstić information content (AvgIpc) is 3.39. The summed E-state index contributed by atoms with van der Waals surface area (Å²) < 4.78 is 63.9. The van der Waals surface area contributed by atoms with Gasteiger partial charge in [0.15, 0.2) is 0 Å². The van der Waals surface area contributed by atoms with E-state index in [1.165, 1.54) is 0 Å². The summed E-state index contributed by atoms with van der Waals surface area (Å²) in [5.41, 5.74) is 2.03. The van der Waals surface area contributed by atoms with Gasteiger partial charge >= 0.3 is 224 Å². The number of hydrogen-bond acceptors (Lipinski definition) is 3. The van der Waals surface area contributed by atoms with Crippen LogP contribution in [0.1, 0.15) is 84.8 Å². The Balaban J connectivity index is 1.64. The van der Waals surface area contributed by atoms with E-state index in [2.05, 4.69) is 41.5 Å². The number of hydrogen-bond donors (Lipinski definition) is 0. The van der Waals surface area contributed by atoms with E-state index in [1.807, 2.05) is 48.5 Å². The second-order valence-electron chi connectivity index (χ2n) is 12.6. The van der Waals surface area contributed by atoms with Crippen LogP contribution in [0.4, 0.5) is 8.78 Å². The molecule has 2 aliphatic rings. The van der Waals surface area contributed by atoms with Crippen molar-refractivity contribution in [2.45, 2.75) is 89.7 Å². The summed E-state index contributed by atoms with van der Waals surface area (Å²) in [5, 5.41) is -3.89. The second-order valence-corrected chi connectivity index (χ2v) is 19.2. The third-order valence-corrected chi connectivity index (χ3v) is 15.1. The predicted octanol–water partition coefficient (Wildman–Crippen LogP) is 8.51. The standard InChI is InChI=1S/C29H39F2IO3S/c1-27(2,3)23-9-13-25(14-10-23)32(26-15-11-24(12-16-26)28(4,5)6)35-36(33,34)29(30,31)19-22-18-20-7-8-21(22)17-20/h9-16,20-22H,7-8,17-19H2,1-6H3. The first-order valence-corrected chi connectivity index (χ1v) is 17.2. The minimum atomic E-state index is -5.10. The molecule has 2 aromatic rings. The first-order chi connectivity index (χ1) is 16.6. The van der Waals surface area contributed by atoms with Crippen molar-refractivity contribution in [2.24, 2.45) is 17.8 Å². The molecule has 2 saturated carbocycles. The molecule has 2 aliphatic carbocycles. The van der Waals surface area contributed by atoms with Crippen LogP contribution >= 0.6 is 20.2 Å². The molecular weight excluding hydrogens is 593 g/mol. The normalized spacial score (nSPS) is 23.2. The number of fused-ring (bicyclic) bond motifs is 2. The summed E-state index contributed by atoms with van der Waals surface area (Å²) in [4.78, 5) is 0. The zero-order valence-corrected chi connectivity index (χ0v) is 25.1. The molecule has 36 heavy (non-hydrogen) atoms. The van der Waals surface area contributed by atoms with Gasteiger partial charge in [0.05, 0.1) is 0 Å². The zero-order valence-electron chi connectivity index (χ0n) is 22.2. The van der Waals surface area contributed by atoms with E-state index in [1.54, 1.807) is 0 Å². The van der Waals surface area contributed by atoms with E-state index in [4.69, 9.17) is 2.51 Å². The summed E-state index contributed by atoms with van der Waals surface area (Å²) in [7, 11) is -5.10. The number of alkyl halides is 2. The molecule has 0 aromatic heterocycles. The van der Waals surface area contributed by atoms with E-state index in [0.717, 1.165) is 30.4 Å². The van der Waals surface area contributed by atoms with E-state index in [0.29, 0.717) is 19.5 Å².